The molecule has 7 heteroatoms. The van der Waals surface area contributed by atoms with E-state index in [2.05, 4.69) is 6.92 Å². The number of quaternary nitrogens is 1. The van der Waals surface area contributed by atoms with Gasteiger partial charge < -0.3 is 15.3 Å². The molecule has 7 nitrogen and oxygen atoms in total. The van der Waals surface area contributed by atoms with Crippen molar-refractivity contribution in [3.63, 3.8) is 0 Å². The van der Waals surface area contributed by atoms with Gasteiger partial charge in [0.05, 0.1) is 6.54 Å². The largest absolute Gasteiger partial charge is 0.477 e. The summed E-state index contributed by atoms with van der Waals surface area (Å²) in [5.41, 5.74) is 0. The third-order valence-electron chi connectivity index (χ3n) is 3.32. The van der Waals surface area contributed by atoms with Gasteiger partial charge in [0.2, 0.25) is 0 Å². The smallest absolute Gasteiger partial charge is 0.359 e. The zero-order valence-electron chi connectivity index (χ0n) is 13.0. The van der Waals surface area contributed by atoms with Crippen LogP contribution < -0.4 is 0 Å². The van der Waals surface area contributed by atoms with Crippen LogP contribution in [0.1, 0.15) is 39.0 Å². The number of nitrogens with zero attached hydrogens (tertiary/aromatic N) is 1. The van der Waals surface area contributed by atoms with Gasteiger partial charge in [0, 0.05) is 6.42 Å². The van der Waals surface area contributed by atoms with Crippen molar-refractivity contribution in [3.05, 3.63) is 12.2 Å². The first-order chi connectivity index (χ1) is 10.3. The van der Waals surface area contributed by atoms with Crippen LogP contribution in [0.25, 0.3) is 0 Å². The second kappa shape index (κ2) is 10.8. The molecule has 0 aromatic rings. The van der Waals surface area contributed by atoms with E-state index in [1.54, 1.807) is 0 Å². The lowest BCUT2D eigenvalue weighted by Crippen LogP contribution is -2.57. The molecule has 3 N–H and O–H groups in total. The van der Waals surface area contributed by atoms with Crippen LogP contribution in [0.3, 0.4) is 0 Å². The Hall–Kier alpha value is -1.89. The topological polar surface area (TPSA) is 112 Å². The average Bonchev–Trinajstić information content (AvgIpc) is 2.35. The Balaban J connectivity index is 4.70. The summed E-state index contributed by atoms with van der Waals surface area (Å²) in [7, 11) is 0. The molecule has 0 fully saturated rings. The first-order valence-corrected chi connectivity index (χ1v) is 7.47. The van der Waals surface area contributed by atoms with E-state index in [9.17, 15) is 14.4 Å². The minimum absolute atomic E-state index is 0.176. The number of carboxylic acid groups (broad SMARTS) is 3. The minimum atomic E-state index is -1.20. The molecule has 0 aromatic carbocycles. The van der Waals surface area contributed by atoms with Gasteiger partial charge in [0.25, 0.3) is 0 Å². The third kappa shape index (κ3) is 9.93. The molecule has 0 unspecified atom stereocenters. The first kappa shape index (κ1) is 20.1. The molecule has 0 amide bonds. The molecule has 0 heterocycles. The molecular weight excluding hydrogens is 290 g/mol. The van der Waals surface area contributed by atoms with E-state index >= 15 is 0 Å². The number of unbranched alkanes of at least 4 members (excludes halogenated alkanes) is 3. The van der Waals surface area contributed by atoms with Crippen LogP contribution in [0.15, 0.2) is 12.2 Å². The Kier molecular flexibility index (Phi) is 9.86. The predicted molar refractivity (Wildman–Crippen MR) is 80.5 cm³/mol. The zero-order valence-corrected chi connectivity index (χ0v) is 13.0. The van der Waals surface area contributed by atoms with Gasteiger partial charge in [-0.05, 0) is 12.8 Å². The van der Waals surface area contributed by atoms with Crippen LogP contribution in [0.5, 0.6) is 0 Å². The van der Waals surface area contributed by atoms with Crippen molar-refractivity contribution in [1.82, 2.24) is 0 Å². The lowest BCUT2D eigenvalue weighted by atomic mass is 10.2. The first-order valence-electron chi connectivity index (χ1n) is 7.47. The molecule has 126 valence electrons. The van der Waals surface area contributed by atoms with E-state index in [1.165, 1.54) is 0 Å². The van der Waals surface area contributed by atoms with Crippen LogP contribution in [-0.2, 0) is 14.4 Å². The Morgan fingerprint density at radius 2 is 1.27 bits per heavy atom. The second-order valence-electron chi connectivity index (χ2n) is 5.48. The summed E-state index contributed by atoms with van der Waals surface area (Å²) in [4.78, 5) is 32.9. The third-order valence-corrected chi connectivity index (χ3v) is 3.32. The van der Waals surface area contributed by atoms with Crippen LogP contribution in [0, 0.1) is 0 Å². The van der Waals surface area contributed by atoms with Crippen LogP contribution in [0.4, 0.5) is 0 Å². The summed E-state index contributed by atoms with van der Waals surface area (Å²) in [6.45, 7) is 0.751. The Morgan fingerprint density at radius 3 is 1.68 bits per heavy atom. The number of hydrogen-bond acceptors (Lipinski definition) is 3. The predicted octanol–water partition coefficient (Wildman–Crippen LogP) is 1.58. The van der Waals surface area contributed by atoms with Gasteiger partial charge in [-0.2, -0.15) is 0 Å². The number of carbonyl (C=O) groups is 3. The average molecular weight is 316 g/mol. The maximum absolute atomic E-state index is 11.0. The SMILES string of the molecule is CCCCC/C=C/CC[N+](CC(=O)O)(CC(=O)O)CC(=O)O. The molecule has 0 aliphatic heterocycles. The number of aliphatic carboxylic acids is 3. The summed E-state index contributed by atoms with van der Waals surface area (Å²) in [5, 5.41) is 26.9. The lowest BCUT2D eigenvalue weighted by Gasteiger charge is -2.33. The summed E-state index contributed by atoms with van der Waals surface area (Å²) >= 11 is 0. The molecule has 0 aliphatic rings. The maximum Gasteiger partial charge on any atom is 0.359 e. The summed E-state index contributed by atoms with van der Waals surface area (Å²) in [5.74, 6) is -3.60. The van der Waals surface area contributed by atoms with Gasteiger partial charge in [-0.25, -0.2) is 14.4 Å². The molecule has 0 aromatic heterocycles. The Morgan fingerprint density at radius 1 is 0.818 bits per heavy atom. The number of allylic oxidation sites excluding steroid dienone is 1. The Labute approximate surface area is 130 Å². The van der Waals surface area contributed by atoms with Crippen LogP contribution in [-0.4, -0.2) is 63.9 Å². The second-order valence-corrected chi connectivity index (χ2v) is 5.48. The molecule has 0 rings (SSSR count). The van der Waals surface area contributed by atoms with E-state index in [1.807, 2.05) is 12.2 Å². The molecule has 0 atom stereocenters. The van der Waals surface area contributed by atoms with Gasteiger partial charge in [-0.3, -0.25) is 4.48 Å². The lowest BCUT2D eigenvalue weighted by molar-refractivity contribution is -0.907. The summed E-state index contributed by atoms with van der Waals surface area (Å²) < 4.78 is -0.487. The highest BCUT2D eigenvalue weighted by Gasteiger charge is 2.35. The van der Waals surface area contributed by atoms with E-state index < -0.39 is 42.0 Å². The molecular formula is C15H26NO6+. The van der Waals surface area contributed by atoms with Crippen molar-refractivity contribution in [1.29, 1.82) is 0 Å². The molecule has 0 saturated heterocycles. The van der Waals surface area contributed by atoms with Crippen molar-refractivity contribution < 1.29 is 34.2 Å². The molecule has 0 aliphatic carbocycles. The molecule has 0 bridgehead atoms. The standard InChI is InChI=1S/C15H25NO6/c1-2-3-4-5-6-7-8-9-16(10-13(17)18,11-14(19)20)12-15(21)22/h6-7H,2-5,8-12H2,1H3,(H2-,17,18,19,20,21,22)/p+1/b7-6+. The van der Waals surface area contributed by atoms with Gasteiger partial charge >= 0.3 is 17.9 Å². The molecule has 0 saturated carbocycles. The number of hydrogen-bond donors (Lipinski definition) is 3. The molecule has 0 spiro atoms. The fraction of sp³-hybridized carbons (Fsp3) is 0.667. The van der Waals surface area contributed by atoms with E-state index in [0.29, 0.717) is 6.42 Å². The van der Waals surface area contributed by atoms with Crippen molar-refractivity contribution >= 4 is 17.9 Å². The van der Waals surface area contributed by atoms with E-state index in [0.717, 1.165) is 25.7 Å². The maximum atomic E-state index is 11.0. The van der Waals surface area contributed by atoms with Crippen molar-refractivity contribution in [2.24, 2.45) is 0 Å². The quantitative estimate of drug-likeness (QED) is 0.270. The Bertz CT molecular complexity index is 364. The fourth-order valence-electron chi connectivity index (χ4n) is 2.36. The van der Waals surface area contributed by atoms with E-state index in [4.69, 9.17) is 15.3 Å². The van der Waals surface area contributed by atoms with Gasteiger partial charge in [-0.15, -0.1) is 0 Å². The van der Waals surface area contributed by atoms with Crippen molar-refractivity contribution in [2.45, 2.75) is 39.0 Å². The number of carboxylic acids is 3. The van der Waals surface area contributed by atoms with Gasteiger partial charge in [0.15, 0.2) is 19.6 Å². The van der Waals surface area contributed by atoms with Gasteiger partial charge in [-0.1, -0.05) is 31.9 Å². The highest BCUT2D eigenvalue weighted by molar-refractivity contribution is 5.73. The minimum Gasteiger partial charge on any atom is -0.477 e. The summed E-state index contributed by atoms with van der Waals surface area (Å²) in [6, 6.07) is 0. The normalized spacial score (nSPS) is 11.7. The van der Waals surface area contributed by atoms with Crippen molar-refractivity contribution in [3.8, 4) is 0 Å². The van der Waals surface area contributed by atoms with Crippen LogP contribution in [0.2, 0.25) is 0 Å². The monoisotopic (exact) mass is 316 g/mol. The van der Waals surface area contributed by atoms with E-state index in [-0.39, 0.29) is 6.54 Å². The molecule has 22 heavy (non-hydrogen) atoms. The highest BCUT2D eigenvalue weighted by Crippen LogP contribution is 2.10. The summed E-state index contributed by atoms with van der Waals surface area (Å²) in [6.07, 6.45) is 8.57. The zero-order chi connectivity index (χ0) is 17.0. The highest BCUT2D eigenvalue weighted by atomic mass is 16.4. The number of rotatable bonds is 13. The van der Waals surface area contributed by atoms with Crippen molar-refractivity contribution in [2.75, 3.05) is 26.2 Å². The van der Waals surface area contributed by atoms with Gasteiger partial charge in [0.1, 0.15) is 0 Å². The molecule has 0 radical (unpaired) electrons. The fourth-order valence-corrected chi connectivity index (χ4v) is 2.36. The van der Waals surface area contributed by atoms with Crippen LogP contribution >= 0.6 is 0 Å².